The van der Waals surface area contributed by atoms with Crippen LogP contribution in [0.5, 0.6) is 11.5 Å². The van der Waals surface area contributed by atoms with Gasteiger partial charge < -0.3 is 20.1 Å². The summed E-state index contributed by atoms with van der Waals surface area (Å²) in [6.45, 7) is 0.115. The van der Waals surface area contributed by atoms with Crippen LogP contribution in [-0.4, -0.2) is 35.8 Å². The third kappa shape index (κ3) is 3.02. The maximum atomic E-state index is 9.46. The van der Waals surface area contributed by atoms with Crippen molar-refractivity contribution in [3.63, 3.8) is 0 Å². The normalized spacial score (nSPS) is 12.8. The highest BCUT2D eigenvalue weighted by Gasteiger charge is 2.18. The maximum absolute atomic E-state index is 9.46. The number of aromatic nitrogens is 3. The molecule has 0 saturated heterocycles. The molecule has 0 unspecified atom stereocenters. The van der Waals surface area contributed by atoms with Gasteiger partial charge in [-0.25, -0.2) is 0 Å². The van der Waals surface area contributed by atoms with Gasteiger partial charge in [-0.1, -0.05) is 11.6 Å². The average Bonchev–Trinajstić information content (AvgIpc) is 3.01. The van der Waals surface area contributed by atoms with E-state index in [4.69, 9.17) is 26.8 Å². The molecule has 2 N–H and O–H groups in total. The van der Waals surface area contributed by atoms with E-state index in [0.717, 1.165) is 0 Å². The monoisotopic (exact) mass is 344 g/mol. The van der Waals surface area contributed by atoms with Crippen molar-refractivity contribution in [1.29, 1.82) is 5.26 Å². The van der Waals surface area contributed by atoms with Crippen molar-refractivity contribution in [3.8, 4) is 17.6 Å². The number of benzene rings is 1. The lowest BCUT2D eigenvalue weighted by Gasteiger charge is -2.11. The van der Waals surface area contributed by atoms with Crippen molar-refractivity contribution in [2.75, 3.05) is 31.5 Å². The molecule has 0 aliphatic carbocycles. The number of nitrogens with two attached hydrogens (primary N) is 1. The summed E-state index contributed by atoms with van der Waals surface area (Å²) >= 11 is 6.15. The molecule has 0 fully saturated rings. The predicted molar refractivity (Wildman–Crippen MR) is 89.6 cm³/mol. The van der Waals surface area contributed by atoms with E-state index in [9.17, 15) is 5.26 Å². The van der Waals surface area contributed by atoms with E-state index in [-0.39, 0.29) is 24.1 Å². The van der Waals surface area contributed by atoms with E-state index in [2.05, 4.69) is 21.0 Å². The molecule has 1 aliphatic heterocycles. The number of allylic oxidation sites excluding steroid dienone is 1. The fraction of sp³-hybridized carbons (Fsp3) is 0.200. The summed E-state index contributed by atoms with van der Waals surface area (Å²) in [5, 5.41) is 9.86. The minimum Gasteiger partial charge on any atom is -0.454 e. The van der Waals surface area contributed by atoms with Crippen molar-refractivity contribution in [2.45, 2.75) is 0 Å². The van der Waals surface area contributed by atoms with Crippen LogP contribution in [0.3, 0.4) is 0 Å². The lowest BCUT2D eigenvalue weighted by Crippen LogP contribution is -2.15. The minimum atomic E-state index is 0.0357. The molecule has 2 aromatic rings. The molecule has 0 atom stereocenters. The second kappa shape index (κ2) is 6.22. The van der Waals surface area contributed by atoms with Crippen molar-refractivity contribution in [1.82, 2.24) is 15.0 Å². The molecule has 3 rings (SSSR count). The van der Waals surface area contributed by atoms with E-state index in [1.165, 1.54) is 0 Å². The number of anilines is 2. The Bertz CT molecular complexity index is 875. The number of nitrogens with zero attached hydrogens (tertiary/aromatic N) is 5. The first-order valence-corrected chi connectivity index (χ1v) is 7.26. The van der Waals surface area contributed by atoms with Gasteiger partial charge in [-0.15, -0.1) is 0 Å². The molecule has 0 saturated carbocycles. The molecular weight excluding hydrogens is 332 g/mol. The Hall–Kier alpha value is -3.05. The summed E-state index contributed by atoms with van der Waals surface area (Å²) in [4.78, 5) is 13.9. The molecule has 122 valence electrons. The molecule has 1 aliphatic rings. The van der Waals surface area contributed by atoms with Gasteiger partial charge in [0.15, 0.2) is 17.3 Å². The number of rotatable bonds is 3. The average molecular weight is 345 g/mol. The second-order valence-electron chi connectivity index (χ2n) is 5.12. The summed E-state index contributed by atoms with van der Waals surface area (Å²) in [7, 11) is 3.54. The molecule has 8 nitrogen and oxygen atoms in total. The van der Waals surface area contributed by atoms with Crippen LogP contribution in [0.2, 0.25) is 5.02 Å². The van der Waals surface area contributed by atoms with Gasteiger partial charge in [-0.05, 0) is 23.8 Å². The first kappa shape index (κ1) is 15.8. The van der Waals surface area contributed by atoms with Crippen LogP contribution in [-0.2, 0) is 0 Å². The highest BCUT2D eigenvalue weighted by atomic mass is 35.5. The number of ether oxygens (including phenoxy) is 2. The Labute approximate surface area is 143 Å². The van der Waals surface area contributed by atoms with Crippen LogP contribution < -0.4 is 20.1 Å². The SMILES string of the molecule is CN(C)c1nc(N)nc(/C(C#N)=C/c2cc(Cl)c3c(c2)OCO3)n1. The van der Waals surface area contributed by atoms with Crippen molar-refractivity contribution in [2.24, 2.45) is 0 Å². The summed E-state index contributed by atoms with van der Waals surface area (Å²) in [5.41, 5.74) is 6.58. The van der Waals surface area contributed by atoms with E-state index in [0.29, 0.717) is 28.0 Å². The van der Waals surface area contributed by atoms with Gasteiger partial charge in [0.2, 0.25) is 18.7 Å². The Kier molecular flexibility index (Phi) is 4.10. The number of halogens is 1. The largest absolute Gasteiger partial charge is 0.454 e. The summed E-state index contributed by atoms with van der Waals surface area (Å²) in [5.74, 6) is 1.60. The van der Waals surface area contributed by atoms with E-state index >= 15 is 0 Å². The van der Waals surface area contributed by atoms with Gasteiger partial charge in [-0.2, -0.15) is 20.2 Å². The third-order valence-electron chi connectivity index (χ3n) is 3.16. The Morgan fingerprint density at radius 3 is 2.83 bits per heavy atom. The molecule has 1 aromatic carbocycles. The van der Waals surface area contributed by atoms with Crippen LogP contribution in [0.1, 0.15) is 11.4 Å². The molecule has 24 heavy (non-hydrogen) atoms. The number of hydrogen-bond acceptors (Lipinski definition) is 8. The minimum absolute atomic E-state index is 0.0357. The fourth-order valence-electron chi connectivity index (χ4n) is 2.09. The fourth-order valence-corrected chi connectivity index (χ4v) is 2.36. The highest BCUT2D eigenvalue weighted by molar-refractivity contribution is 6.32. The Morgan fingerprint density at radius 1 is 1.33 bits per heavy atom. The van der Waals surface area contributed by atoms with Gasteiger partial charge in [-0.3, -0.25) is 0 Å². The number of hydrogen-bond donors (Lipinski definition) is 1. The molecule has 0 spiro atoms. The van der Waals surface area contributed by atoms with E-state index < -0.39 is 0 Å². The first-order valence-electron chi connectivity index (χ1n) is 6.88. The van der Waals surface area contributed by atoms with Gasteiger partial charge in [0.05, 0.1) is 10.6 Å². The molecule has 1 aromatic heterocycles. The van der Waals surface area contributed by atoms with Crippen LogP contribution in [0.25, 0.3) is 11.6 Å². The molecular formula is C15H13ClN6O2. The van der Waals surface area contributed by atoms with Gasteiger partial charge >= 0.3 is 0 Å². The predicted octanol–water partition coefficient (Wildman–Crippen LogP) is 1.97. The van der Waals surface area contributed by atoms with Crippen molar-refractivity contribution >= 4 is 35.1 Å². The highest BCUT2D eigenvalue weighted by Crippen LogP contribution is 2.40. The van der Waals surface area contributed by atoms with Crippen LogP contribution in [0, 0.1) is 11.3 Å². The second-order valence-corrected chi connectivity index (χ2v) is 5.53. The Balaban J connectivity index is 2.05. The molecule has 0 bridgehead atoms. The number of fused-ring (bicyclic) bond motifs is 1. The lowest BCUT2D eigenvalue weighted by atomic mass is 10.1. The zero-order chi connectivity index (χ0) is 17.3. The third-order valence-corrected chi connectivity index (χ3v) is 3.44. The zero-order valence-corrected chi connectivity index (χ0v) is 13.7. The van der Waals surface area contributed by atoms with Gasteiger partial charge in [0.25, 0.3) is 0 Å². The number of nitrogen functional groups attached to an aromatic ring is 1. The van der Waals surface area contributed by atoms with E-state index in [1.54, 1.807) is 37.2 Å². The zero-order valence-electron chi connectivity index (χ0n) is 12.9. The van der Waals surface area contributed by atoms with Gasteiger partial charge in [0.1, 0.15) is 6.07 Å². The van der Waals surface area contributed by atoms with Gasteiger partial charge in [0, 0.05) is 14.1 Å². The topological polar surface area (TPSA) is 110 Å². The molecule has 2 heterocycles. The number of nitriles is 1. The first-order chi connectivity index (χ1) is 11.5. The van der Waals surface area contributed by atoms with Crippen molar-refractivity contribution < 1.29 is 9.47 Å². The Morgan fingerprint density at radius 2 is 2.12 bits per heavy atom. The lowest BCUT2D eigenvalue weighted by molar-refractivity contribution is 0.174. The molecule has 0 radical (unpaired) electrons. The standard InChI is InChI=1S/C15H13ClN6O2/c1-22(2)15-20-13(19-14(18)21-15)9(6-17)3-8-4-10(16)12-11(5-8)23-7-24-12/h3-5H,7H2,1-2H3,(H2,18,19,20,21)/b9-3+. The summed E-state index contributed by atoms with van der Waals surface area (Å²) < 4.78 is 10.6. The molecule has 0 amide bonds. The van der Waals surface area contributed by atoms with Crippen LogP contribution in [0.4, 0.5) is 11.9 Å². The van der Waals surface area contributed by atoms with E-state index in [1.807, 2.05) is 0 Å². The molecule has 9 heteroatoms. The maximum Gasteiger partial charge on any atom is 0.231 e. The van der Waals surface area contributed by atoms with Crippen LogP contribution >= 0.6 is 11.6 Å². The quantitative estimate of drug-likeness (QED) is 0.841. The smallest absolute Gasteiger partial charge is 0.231 e. The summed E-state index contributed by atoms with van der Waals surface area (Å²) in [6, 6.07) is 5.46. The van der Waals surface area contributed by atoms with Crippen molar-refractivity contribution in [3.05, 3.63) is 28.5 Å². The summed E-state index contributed by atoms with van der Waals surface area (Å²) in [6.07, 6.45) is 1.60. The van der Waals surface area contributed by atoms with Crippen LogP contribution in [0.15, 0.2) is 12.1 Å².